The van der Waals surface area contributed by atoms with E-state index in [1.165, 1.54) is 18.9 Å². The molecule has 0 bridgehead atoms. The molecule has 22 heavy (non-hydrogen) atoms. The molecular weight excluding hydrogens is 313 g/mol. The van der Waals surface area contributed by atoms with Gasteiger partial charge in [0.1, 0.15) is 0 Å². The average molecular weight is 333 g/mol. The van der Waals surface area contributed by atoms with Gasteiger partial charge in [-0.2, -0.15) is 13.2 Å². The summed E-state index contributed by atoms with van der Waals surface area (Å²) in [6.07, 6.45) is -1.14. The first-order valence-corrected chi connectivity index (χ1v) is 8.15. The molecule has 2 nitrogen and oxygen atoms in total. The Morgan fingerprint density at radius 3 is 2.50 bits per heavy atom. The van der Waals surface area contributed by atoms with Crippen molar-refractivity contribution in [3.05, 3.63) is 34.3 Å². The summed E-state index contributed by atoms with van der Waals surface area (Å²) < 4.78 is 39.3. The van der Waals surface area contributed by atoms with Crippen molar-refractivity contribution in [3.8, 4) is 0 Å². The topological polar surface area (TPSA) is 15.3 Å². The maximum absolute atomic E-state index is 13.1. The van der Waals surface area contributed by atoms with Crippen molar-refractivity contribution in [3.63, 3.8) is 0 Å². The number of benzene rings is 1. The SMILES string of the molecule is FC(F)(F)c1cccc([C@H](CC2CC2)N2CCNCC2)c1Cl. The Bertz CT molecular complexity index is 523. The average Bonchev–Trinajstić information content (AvgIpc) is 3.29. The van der Waals surface area contributed by atoms with Crippen LogP contribution in [0.1, 0.15) is 36.4 Å². The third-order valence-corrected chi connectivity index (χ3v) is 4.96. The molecule has 0 aromatic heterocycles. The minimum absolute atomic E-state index is 0.00981. The zero-order valence-electron chi connectivity index (χ0n) is 12.3. The van der Waals surface area contributed by atoms with Crippen LogP contribution in [0.4, 0.5) is 13.2 Å². The van der Waals surface area contributed by atoms with Crippen molar-refractivity contribution < 1.29 is 13.2 Å². The normalized spacial score (nSPS) is 21.8. The lowest BCUT2D eigenvalue weighted by Crippen LogP contribution is -2.45. The van der Waals surface area contributed by atoms with E-state index in [9.17, 15) is 13.2 Å². The summed E-state index contributed by atoms with van der Waals surface area (Å²) in [6.45, 7) is 3.45. The number of halogens is 4. The first-order valence-electron chi connectivity index (χ1n) is 7.77. The Morgan fingerprint density at radius 1 is 1.23 bits per heavy atom. The molecule has 1 aliphatic carbocycles. The van der Waals surface area contributed by atoms with E-state index in [-0.39, 0.29) is 11.1 Å². The number of alkyl halides is 3. The van der Waals surface area contributed by atoms with Gasteiger partial charge < -0.3 is 5.32 Å². The second-order valence-corrected chi connectivity index (χ2v) is 6.57. The first kappa shape index (κ1) is 16.1. The zero-order chi connectivity index (χ0) is 15.7. The van der Waals surface area contributed by atoms with E-state index < -0.39 is 11.7 Å². The molecule has 1 saturated carbocycles. The highest BCUT2D eigenvalue weighted by atomic mass is 35.5. The van der Waals surface area contributed by atoms with Crippen LogP contribution in [0.3, 0.4) is 0 Å². The fourth-order valence-corrected chi connectivity index (χ4v) is 3.52. The maximum atomic E-state index is 13.1. The molecular formula is C16H20ClF3N2. The van der Waals surface area contributed by atoms with Gasteiger partial charge in [0.25, 0.3) is 0 Å². The van der Waals surface area contributed by atoms with Crippen LogP contribution in [0.5, 0.6) is 0 Å². The van der Waals surface area contributed by atoms with Crippen LogP contribution in [0.2, 0.25) is 5.02 Å². The molecule has 2 aliphatic rings. The van der Waals surface area contributed by atoms with E-state index in [0.717, 1.165) is 38.7 Å². The molecule has 1 aromatic rings. The fraction of sp³-hybridized carbons (Fsp3) is 0.625. The second-order valence-electron chi connectivity index (χ2n) is 6.19. The van der Waals surface area contributed by atoms with E-state index >= 15 is 0 Å². The van der Waals surface area contributed by atoms with Crippen LogP contribution >= 0.6 is 11.6 Å². The molecule has 1 heterocycles. The van der Waals surface area contributed by atoms with E-state index in [1.807, 2.05) is 0 Å². The predicted molar refractivity (Wildman–Crippen MR) is 81.0 cm³/mol. The van der Waals surface area contributed by atoms with Crippen LogP contribution < -0.4 is 5.32 Å². The summed E-state index contributed by atoms with van der Waals surface area (Å²) in [5.74, 6) is 0.630. The van der Waals surface area contributed by atoms with Gasteiger partial charge in [-0.25, -0.2) is 0 Å². The van der Waals surface area contributed by atoms with E-state index in [1.54, 1.807) is 6.07 Å². The van der Waals surface area contributed by atoms with Crippen molar-refractivity contribution in [2.45, 2.75) is 31.5 Å². The first-order chi connectivity index (χ1) is 10.5. The Kier molecular flexibility index (Phi) is 4.67. The van der Waals surface area contributed by atoms with Crippen LogP contribution in [0, 0.1) is 5.92 Å². The van der Waals surface area contributed by atoms with Gasteiger partial charge in [-0.3, -0.25) is 4.90 Å². The molecule has 1 saturated heterocycles. The number of nitrogens with one attached hydrogen (secondary N) is 1. The molecule has 1 aromatic carbocycles. The van der Waals surface area contributed by atoms with Gasteiger partial charge in [0.05, 0.1) is 10.6 Å². The van der Waals surface area contributed by atoms with E-state index in [2.05, 4.69) is 10.2 Å². The molecule has 0 unspecified atom stereocenters. The van der Waals surface area contributed by atoms with Gasteiger partial charge in [0.15, 0.2) is 0 Å². The number of rotatable bonds is 4. The monoisotopic (exact) mass is 332 g/mol. The smallest absolute Gasteiger partial charge is 0.314 e. The Hall–Kier alpha value is -0.780. The van der Waals surface area contributed by atoms with Crippen molar-refractivity contribution in [2.75, 3.05) is 26.2 Å². The molecule has 0 radical (unpaired) electrons. The molecule has 1 aliphatic heterocycles. The van der Waals surface area contributed by atoms with Crippen molar-refractivity contribution in [1.29, 1.82) is 0 Å². The van der Waals surface area contributed by atoms with Crippen molar-refractivity contribution in [2.24, 2.45) is 5.92 Å². The number of nitrogens with zero attached hydrogens (tertiary/aromatic N) is 1. The predicted octanol–water partition coefficient (Wildman–Crippen LogP) is 4.11. The van der Waals surface area contributed by atoms with Gasteiger partial charge in [-0.1, -0.05) is 36.6 Å². The lowest BCUT2D eigenvalue weighted by molar-refractivity contribution is -0.137. The van der Waals surface area contributed by atoms with Gasteiger partial charge in [-0.15, -0.1) is 0 Å². The lowest BCUT2D eigenvalue weighted by atomic mass is 9.96. The summed E-state index contributed by atoms with van der Waals surface area (Å²) in [6, 6.07) is 4.29. The molecule has 3 rings (SSSR count). The third-order valence-electron chi connectivity index (χ3n) is 4.54. The van der Waals surface area contributed by atoms with Gasteiger partial charge >= 0.3 is 6.18 Å². The van der Waals surface area contributed by atoms with E-state index in [4.69, 9.17) is 11.6 Å². The second kappa shape index (κ2) is 6.38. The summed E-state index contributed by atoms with van der Waals surface area (Å²) in [5.41, 5.74) is -0.0899. The molecule has 122 valence electrons. The number of hydrogen-bond acceptors (Lipinski definition) is 2. The number of hydrogen-bond donors (Lipinski definition) is 1. The highest BCUT2D eigenvalue weighted by molar-refractivity contribution is 6.32. The quantitative estimate of drug-likeness (QED) is 0.892. The molecule has 1 N–H and O–H groups in total. The fourth-order valence-electron chi connectivity index (χ4n) is 3.16. The summed E-state index contributed by atoms with van der Waals surface area (Å²) in [7, 11) is 0. The van der Waals surface area contributed by atoms with E-state index in [0.29, 0.717) is 11.5 Å². The Morgan fingerprint density at radius 2 is 1.91 bits per heavy atom. The van der Waals surface area contributed by atoms with Gasteiger partial charge in [-0.05, 0) is 24.0 Å². The van der Waals surface area contributed by atoms with Crippen molar-refractivity contribution in [1.82, 2.24) is 10.2 Å². The minimum Gasteiger partial charge on any atom is -0.314 e. The van der Waals surface area contributed by atoms with Crippen LogP contribution in [0.15, 0.2) is 18.2 Å². The summed E-state index contributed by atoms with van der Waals surface area (Å²) in [4.78, 5) is 2.27. The van der Waals surface area contributed by atoms with Crippen molar-refractivity contribution >= 4 is 11.6 Å². The van der Waals surface area contributed by atoms with Gasteiger partial charge in [0, 0.05) is 32.2 Å². The molecule has 1 atom stereocenters. The largest absolute Gasteiger partial charge is 0.417 e. The standard InChI is InChI=1S/C16H20ClF3N2/c17-15-12(2-1-3-13(15)16(18,19)20)14(10-11-4-5-11)22-8-6-21-7-9-22/h1-3,11,14,21H,4-10H2/t14-/m0/s1. The summed E-state index contributed by atoms with van der Waals surface area (Å²) >= 11 is 6.15. The molecule has 2 fully saturated rings. The maximum Gasteiger partial charge on any atom is 0.417 e. The highest BCUT2D eigenvalue weighted by Crippen LogP contribution is 2.44. The van der Waals surface area contributed by atoms with Crippen LogP contribution in [0.25, 0.3) is 0 Å². The Labute approximate surface area is 133 Å². The molecule has 0 spiro atoms. The zero-order valence-corrected chi connectivity index (χ0v) is 13.1. The number of piperazine rings is 1. The lowest BCUT2D eigenvalue weighted by Gasteiger charge is -2.36. The third kappa shape index (κ3) is 3.58. The molecule has 6 heteroatoms. The van der Waals surface area contributed by atoms with Crippen LogP contribution in [-0.4, -0.2) is 31.1 Å². The van der Waals surface area contributed by atoms with Gasteiger partial charge in [0.2, 0.25) is 0 Å². The Balaban J connectivity index is 1.92. The van der Waals surface area contributed by atoms with Crippen LogP contribution in [-0.2, 0) is 6.18 Å². The summed E-state index contributed by atoms with van der Waals surface area (Å²) in [5, 5.41) is 3.16. The minimum atomic E-state index is -4.40. The highest BCUT2D eigenvalue weighted by Gasteiger charge is 2.37. The molecule has 0 amide bonds.